The van der Waals surface area contributed by atoms with Gasteiger partial charge in [-0.3, -0.25) is 0 Å². The van der Waals surface area contributed by atoms with E-state index in [2.05, 4.69) is 0 Å². The van der Waals surface area contributed by atoms with Gasteiger partial charge in [0.1, 0.15) is 5.75 Å². The Kier molecular flexibility index (Phi) is 2.38. The van der Waals surface area contributed by atoms with Gasteiger partial charge in [-0.25, -0.2) is 8.78 Å². The average molecular weight is 213 g/mol. The molecule has 1 fully saturated rings. The maximum Gasteiger partial charge on any atom is 0.263 e. The van der Waals surface area contributed by atoms with Crippen molar-refractivity contribution >= 4 is 0 Å². The second-order valence-corrected chi connectivity index (χ2v) is 4.09. The van der Waals surface area contributed by atoms with E-state index in [1.807, 2.05) is 0 Å². The van der Waals surface area contributed by atoms with Gasteiger partial charge in [0, 0.05) is 16.7 Å². The van der Waals surface area contributed by atoms with Gasteiger partial charge in [-0.15, -0.1) is 0 Å². The van der Waals surface area contributed by atoms with Gasteiger partial charge in [-0.1, -0.05) is 0 Å². The van der Waals surface area contributed by atoms with Crippen LogP contribution in [0, 0.1) is 0 Å². The number of phenols is 1. The molecule has 1 saturated carbocycles. The third kappa shape index (κ3) is 1.69. The number of benzene rings is 1. The summed E-state index contributed by atoms with van der Waals surface area (Å²) in [5.74, 6) is 0.0154. The zero-order valence-corrected chi connectivity index (χ0v) is 8.21. The fraction of sp³-hybridized carbons (Fsp3) is 0.455. The van der Waals surface area contributed by atoms with E-state index in [0.29, 0.717) is 5.56 Å². The van der Waals surface area contributed by atoms with Crippen molar-refractivity contribution in [1.82, 2.24) is 0 Å². The number of nitrogens with two attached hydrogens (primary N) is 1. The predicted molar refractivity (Wildman–Crippen MR) is 52.8 cm³/mol. The van der Waals surface area contributed by atoms with Crippen LogP contribution in [0.4, 0.5) is 8.78 Å². The molecule has 2 nitrogen and oxygen atoms in total. The first-order valence-electron chi connectivity index (χ1n) is 4.93. The van der Waals surface area contributed by atoms with Crippen LogP contribution in [-0.2, 0) is 5.54 Å². The van der Waals surface area contributed by atoms with Gasteiger partial charge in [0.25, 0.3) is 6.43 Å². The summed E-state index contributed by atoms with van der Waals surface area (Å²) in [6.45, 7) is 0. The number of hydrogen-bond acceptors (Lipinski definition) is 2. The summed E-state index contributed by atoms with van der Waals surface area (Å²) in [7, 11) is 0. The summed E-state index contributed by atoms with van der Waals surface area (Å²) >= 11 is 0. The second kappa shape index (κ2) is 3.45. The molecule has 1 aliphatic rings. The monoisotopic (exact) mass is 213 g/mol. The Balaban J connectivity index is 2.41. The molecular weight excluding hydrogens is 200 g/mol. The molecular formula is C11H13F2NO. The Bertz CT molecular complexity index is 375. The van der Waals surface area contributed by atoms with E-state index in [0.717, 1.165) is 19.3 Å². The summed E-state index contributed by atoms with van der Waals surface area (Å²) in [6.07, 6.45) is -0.0527. The zero-order valence-electron chi connectivity index (χ0n) is 8.21. The van der Waals surface area contributed by atoms with Crippen LogP contribution in [0.2, 0.25) is 0 Å². The van der Waals surface area contributed by atoms with E-state index in [-0.39, 0.29) is 11.3 Å². The highest BCUT2D eigenvalue weighted by Crippen LogP contribution is 2.43. The first kappa shape index (κ1) is 10.4. The molecule has 3 N–H and O–H groups in total. The van der Waals surface area contributed by atoms with Gasteiger partial charge in [-0.05, 0) is 37.5 Å². The van der Waals surface area contributed by atoms with Crippen molar-refractivity contribution in [2.75, 3.05) is 0 Å². The molecule has 0 amide bonds. The molecule has 0 saturated heterocycles. The fourth-order valence-electron chi connectivity index (χ4n) is 1.92. The number of halogens is 2. The van der Waals surface area contributed by atoms with Gasteiger partial charge >= 0.3 is 0 Å². The molecule has 0 aromatic heterocycles. The quantitative estimate of drug-likeness (QED) is 0.793. The molecule has 2 rings (SSSR count). The largest absolute Gasteiger partial charge is 0.508 e. The zero-order chi connectivity index (χ0) is 11.1. The van der Waals surface area contributed by atoms with Gasteiger partial charge in [0.15, 0.2) is 0 Å². The van der Waals surface area contributed by atoms with E-state index in [1.165, 1.54) is 18.2 Å². The number of aromatic hydroxyl groups is 1. The minimum absolute atomic E-state index is 0.0154. The highest BCUT2D eigenvalue weighted by molar-refractivity contribution is 5.42. The van der Waals surface area contributed by atoms with Crippen LogP contribution >= 0.6 is 0 Å². The maximum atomic E-state index is 12.5. The maximum absolute atomic E-state index is 12.5. The Morgan fingerprint density at radius 1 is 1.33 bits per heavy atom. The fourth-order valence-corrected chi connectivity index (χ4v) is 1.92. The molecule has 0 heterocycles. The molecule has 0 radical (unpaired) electrons. The van der Waals surface area contributed by atoms with Crippen LogP contribution in [-0.4, -0.2) is 5.11 Å². The second-order valence-electron chi connectivity index (χ2n) is 4.09. The molecule has 82 valence electrons. The van der Waals surface area contributed by atoms with Crippen molar-refractivity contribution in [3.8, 4) is 5.75 Å². The van der Waals surface area contributed by atoms with Crippen LogP contribution in [0.5, 0.6) is 5.75 Å². The van der Waals surface area contributed by atoms with Gasteiger partial charge in [-0.2, -0.15) is 0 Å². The van der Waals surface area contributed by atoms with Crippen LogP contribution < -0.4 is 5.73 Å². The van der Waals surface area contributed by atoms with Crippen LogP contribution in [0.25, 0.3) is 0 Å². The van der Waals surface area contributed by atoms with Crippen LogP contribution in [0.1, 0.15) is 36.8 Å². The summed E-state index contributed by atoms with van der Waals surface area (Å²) in [5.41, 5.74) is 5.75. The van der Waals surface area contributed by atoms with Crippen molar-refractivity contribution in [2.45, 2.75) is 31.2 Å². The standard InChI is InChI=1S/C11H13F2NO/c12-10(13)7-2-3-9(15)8(6-7)11(14)4-1-5-11/h2-3,6,10,15H,1,4-5,14H2. The Morgan fingerprint density at radius 2 is 2.00 bits per heavy atom. The van der Waals surface area contributed by atoms with Gasteiger partial charge in [0.2, 0.25) is 0 Å². The summed E-state index contributed by atoms with van der Waals surface area (Å²) in [6, 6.07) is 3.84. The molecule has 0 aliphatic heterocycles. The van der Waals surface area contributed by atoms with E-state index >= 15 is 0 Å². The van der Waals surface area contributed by atoms with Crippen LogP contribution in [0.3, 0.4) is 0 Å². The molecule has 4 heteroatoms. The lowest BCUT2D eigenvalue weighted by Gasteiger charge is -2.39. The number of alkyl halides is 2. The van der Waals surface area contributed by atoms with Gasteiger partial charge < -0.3 is 10.8 Å². The topological polar surface area (TPSA) is 46.2 Å². The third-order valence-electron chi connectivity index (χ3n) is 3.05. The first-order chi connectivity index (χ1) is 7.03. The van der Waals surface area contributed by atoms with Crippen molar-refractivity contribution in [3.63, 3.8) is 0 Å². The van der Waals surface area contributed by atoms with Crippen LogP contribution in [0.15, 0.2) is 18.2 Å². The van der Waals surface area contributed by atoms with E-state index < -0.39 is 12.0 Å². The van der Waals surface area contributed by atoms with Crippen molar-refractivity contribution in [1.29, 1.82) is 0 Å². The summed E-state index contributed by atoms with van der Waals surface area (Å²) in [4.78, 5) is 0. The summed E-state index contributed by atoms with van der Waals surface area (Å²) in [5, 5.41) is 9.59. The van der Waals surface area contributed by atoms with E-state index in [9.17, 15) is 13.9 Å². The van der Waals surface area contributed by atoms with Gasteiger partial charge in [0.05, 0.1) is 0 Å². The molecule has 0 spiro atoms. The molecule has 15 heavy (non-hydrogen) atoms. The first-order valence-corrected chi connectivity index (χ1v) is 4.93. The Morgan fingerprint density at radius 3 is 2.47 bits per heavy atom. The summed E-state index contributed by atoms with van der Waals surface area (Å²) < 4.78 is 24.9. The highest BCUT2D eigenvalue weighted by atomic mass is 19.3. The number of rotatable bonds is 2. The molecule has 0 unspecified atom stereocenters. The van der Waals surface area contributed by atoms with E-state index in [1.54, 1.807) is 0 Å². The Hall–Kier alpha value is -1.16. The SMILES string of the molecule is NC1(c2cc(C(F)F)ccc2O)CCC1. The lowest BCUT2D eigenvalue weighted by Crippen LogP contribution is -2.43. The third-order valence-corrected chi connectivity index (χ3v) is 3.05. The molecule has 1 aliphatic carbocycles. The number of phenolic OH excluding ortho intramolecular Hbond substituents is 1. The molecule has 1 aromatic rings. The lowest BCUT2D eigenvalue weighted by atomic mass is 9.72. The smallest absolute Gasteiger partial charge is 0.263 e. The molecule has 0 bridgehead atoms. The normalized spacial score (nSPS) is 18.9. The van der Waals surface area contributed by atoms with Crippen molar-refractivity contribution in [2.24, 2.45) is 5.73 Å². The minimum Gasteiger partial charge on any atom is -0.508 e. The van der Waals surface area contributed by atoms with E-state index in [4.69, 9.17) is 5.73 Å². The highest BCUT2D eigenvalue weighted by Gasteiger charge is 2.36. The van der Waals surface area contributed by atoms with Crippen molar-refractivity contribution < 1.29 is 13.9 Å². The van der Waals surface area contributed by atoms with Crippen molar-refractivity contribution in [3.05, 3.63) is 29.3 Å². The minimum atomic E-state index is -2.52. The predicted octanol–water partition coefficient (Wildman–Crippen LogP) is 2.67. The lowest BCUT2D eigenvalue weighted by molar-refractivity contribution is 0.150. The number of hydrogen-bond donors (Lipinski definition) is 2. The average Bonchev–Trinajstić information content (AvgIpc) is 2.14. The molecule has 1 aromatic carbocycles. The Labute approximate surface area is 86.7 Å². The molecule has 0 atom stereocenters.